The number of halogens is 3. The summed E-state index contributed by atoms with van der Waals surface area (Å²) in [6.07, 6.45) is -4.48. The quantitative estimate of drug-likeness (QED) is 0.664. The Morgan fingerprint density at radius 2 is 1.71 bits per heavy atom. The van der Waals surface area contributed by atoms with Gasteiger partial charge in [-0.3, -0.25) is 9.59 Å². The van der Waals surface area contributed by atoms with Crippen LogP contribution in [0.25, 0.3) is 0 Å². The molecule has 0 saturated carbocycles. The Bertz CT molecular complexity index is 965. The second-order valence-corrected chi connectivity index (χ2v) is 6.78. The summed E-state index contributed by atoms with van der Waals surface area (Å²) in [4.78, 5) is 41.2. The lowest BCUT2D eigenvalue weighted by molar-refractivity contribution is -0.144. The fraction of sp³-hybridized carbons (Fsp3) is 0.381. The van der Waals surface area contributed by atoms with Crippen LogP contribution in [0.5, 0.6) is 0 Å². The molecule has 2 rings (SSSR count). The predicted molar refractivity (Wildman–Crippen MR) is 104 cm³/mol. The summed E-state index contributed by atoms with van der Waals surface area (Å²) in [6.45, 7) is 4.32. The largest absolute Gasteiger partial charge is 0.465 e. The molecule has 1 aromatic carbocycles. The van der Waals surface area contributed by atoms with Crippen LogP contribution in [0, 0.1) is 13.8 Å². The van der Waals surface area contributed by atoms with E-state index in [4.69, 9.17) is 9.47 Å². The number of rotatable bonds is 7. The number of carbonyl (C=O) groups is 3. The van der Waals surface area contributed by atoms with Gasteiger partial charge in [-0.25, -0.2) is 4.79 Å². The number of nitrogens with zero attached hydrogens (tertiary/aromatic N) is 1. The van der Waals surface area contributed by atoms with Crippen molar-refractivity contribution in [2.24, 2.45) is 0 Å². The zero-order valence-corrected chi connectivity index (χ0v) is 17.6. The lowest BCUT2D eigenvalue weighted by Gasteiger charge is -2.22. The molecule has 0 aliphatic rings. The molecule has 0 bridgehead atoms. The maximum atomic E-state index is 13.2. The average molecular weight is 440 g/mol. The zero-order valence-electron chi connectivity index (χ0n) is 17.6. The van der Waals surface area contributed by atoms with E-state index in [1.165, 1.54) is 19.2 Å². The van der Waals surface area contributed by atoms with Gasteiger partial charge in [-0.15, -0.1) is 0 Å². The first kappa shape index (κ1) is 24.0. The summed E-state index contributed by atoms with van der Waals surface area (Å²) in [5, 5.41) is 0. The third kappa shape index (κ3) is 5.65. The van der Waals surface area contributed by atoms with Crippen LogP contribution in [0.3, 0.4) is 0 Å². The number of aromatic nitrogens is 1. The lowest BCUT2D eigenvalue weighted by Crippen LogP contribution is -2.36. The Hall–Kier alpha value is -3.30. The zero-order chi connectivity index (χ0) is 23.3. The van der Waals surface area contributed by atoms with Crippen molar-refractivity contribution >= 4 is 17.8 Å². The number of aromatic amines is 1. The van der Waals surface area contributed by atoms with Crippen LogP contribution in [-0.4, -0.2) is 48.0 Å². The highest BCUT2D eigenvalue weighted by Gasteiger charge is 2.31. The minimum Gasteiger partial charge on any atom is -0.465 e. The molecule has 1 N–H and O–H groups in total. The van der Waals surface area contributed by atoms with Crippen LogP contribution < -0.4 is 0 Å². The Kier molecular flexibility index (Phi) is 7.48. The van der Waals surface area contributed by atoms with E-state index in [0.717, 1.165) is 17.0 Å². The number of aryl methyl sites for hydroxylation is 1. The van der Waals surface area contributed by atoms with Gasteiger partial charge in [0, 0.05) is 12.2 Å². The summed E-state index contributed by atoms with van der Waals surface area (Å²) in [6, 6.07) is 4.28. The Labute approximate surface area is 177 Å². The maximum absolute atomic E-state index is 13.2. The van der Waals surface area contributed by atoms with Crippen molar-refractivity contribution in [3.05, 3.63) is 57.9 Å². The molecular formula is C21H23F3N2O5. The molecule has 0 unspecified atom stereocenters. The number of benzene rings is 1. The molecule has 0 atom stereocenters. The van der Waals surface area contributed by atoms with E-state index < -0.39 is 36.1 Å². The van der Waals surface area contributed by atoms with E-state index in [0.29, 0.717) is 16.8 Å². The van der Waals surface area contributed by atoms with E-state index in [-0.39, 0.29) is 24.4 Å². The SMILES string of the molecule is CCOC(=O)CN(Cc1ccc(C(F)(F)F)cc1)C(=O)c1[nH]c(C)c(C(=O)OC)c1C. The maximum Gasteiger partial charge on any atom is 0.416 e. The molecule has 0 aliphatic heterocycles. The summed E-state index contributed by atoms with van der Waals surface area (Å²) in [5.41, 5.74) is 0.609. The number of nitrogens with one attached hydrogen (secondary N) is 1. The molecule has 31 heavy (non-hydrogen) atoms. The molecule has 168 valence electrons. The van der Waals surface area contributed by atoms with E-state index >= 15 is 0 Å². The Morgan fingerprint density at radius 3 is 2.23 bits per heavy atom. The first-order valence-corrected chi connectivity index (χ1v) is 9.38. The van der Waals surface area contributed by atoms with E-state index in [1.54, 1.807) is 20.8 Å². The number of H-pyrrole nitrogens is 1. The van der Waals surface area contributed by atoms with Crippen molar-refractivity contribution in [3.63, 3.8) is 0 Å². The number of esters is 2. The second-order valence-electron chi connectivity index (χ2n) is 6.78. The van der Waals surface area contributed by atoms with Crippen molar-refractivity contribution in [2.75, 3.05) is 20.3 Å². The predicted octanol–water partition coefficient (Wildman–Crippen LogP) is 3.64. The number of hydrogen-bond acceptors (Lipinski definition) is 5. The molecule has 1 aromatic heterocycles. The van der Waals surface area contributed by atoms with Gasteiger partial charge in [0.25, 0.3) is 5.91 Å². The minimum atomic E-state index is -4.48. The van der Waals surface area contributed by atoms with Gasteiger partial charge in [0.1, 0.15) is 12.2 Å². The molecular weight excluding hydrogens is 417 g/mol. The molecule has 7 nitrogen and oxygen atoms in total. The van der Waals surface area contributed by atoms with Crippen molar-refractivity contribution in [1.82, 2.24) is 9.88 Å². The van der Waals surface area contributed by atoms with Crippen LogP contribution >= 0.6 is 0 Å². The van der Waals surface area contributed by atoms with Crippen LogP contribution in [0.4, 0.5) is 13.2 Å². The monoisotopic (exact) mass is 440 g/mol. The average Bonchev–Trinajstić information content (AvgIpc) is 3.00. The van der Waals surface area contributed by atoms with Gasteiger partial charge >= 0.3 is 18.1 Å². The van der Waals surface area contributed by atoms with Gasteiger partial charge in [-0.1, -0.05) is 12.1 Å². The van der Waals surface area contributed by atoms with E-state index in [1.807, 2.05) is 0 Å². The van der Waals surface area contributed by atoms with Gasteiger partial charge in [-0.2, -0.15) is 13.2 Å². The van der Waals surface area contributed by atoms with Gasteiger partial charge in [0.05, 0.1) is 24.8 Å². The Balaban J connectivity index is 2.37. The highest BCUT2D eigenvalue weighted by molar-refractivity contribution is 6.01. The van der Waals surface area contributed by atoms with Crippen LogP contribution in [0.1, 0.15) is 50.2 Å². The second kappa shape index (κ2) is 9.67. The number of amides is 1. The van der Waals surface area contributed by atoms with Crippen molar-refractivity contribution in [1.29, 1.82) is 0 Å². The number of ether oxygens (including phenoxy) is 2. The number of methoxy groups -OCH3 is 1. The fourth-order valence-corrected chi connectivity index (χ4v) is 3.11. The van der Waals surface area contributed by atoms with E-state index in [9.17, 15) is 27.6 Å². The molecule has 1 heterocycles. The minimum absolute atomic E-state index is 0.0779. The molecule has 1 amide bonds. The fourth-order valence-electron chi connectivity index (χ4n) is 3.11. The number of carbonyl (C=O) groups excluding carboxylic acids is 3. The van der Waals surface area contributed by atoms with Gasteiger partial charge in [-0.05, 0) is 44.0 Å². The smallest absolute Gasteiger partial charge is 0.416 e. The lowest BCUT2D eigenvalue weighted by atomic mass is 10.1. The summed E-state index contributed by atoms with van der Waals surface area (Å²) in [7, 11) is 1.22. The van der Waals surface area contributed by atoms with Crippen LogP contribution in [0.15, 0.2) is 24.3 Å². The first-order valence-electron chi connectivity index (χ1n) is 9.38. The molecule has 0 radical (unpaired) electrons. The number of hydrogen-bond donors (Lipinski definition) is 1. The first-order chi connectivity index (χ1) is 14.5. The topological polar surface area (TPSA) is 88.7 Å². The number of alkyl halides is 3. The summed E-state index contributed by atoms with van der Waals surface area (Å²) < 4.78 is 48.0. The standard InChI is InChI=1S/C21H23F3N2O5/c1-5-31-16(27)11-26(10-14-6-8-15(9-7-14)21(22,23)24)19(28)18-12(2)17(13(3)25-18)20(29)30-4/h6-9,25H,5,10-11H2,1-4H3. The third-order valence-corrected chi connectivity index (χ3v) is 4.61. The third-order valence-electron chi connectivity index (χ3n) is 4.61. The van der Waals surface area contributed by atoms with E-state index in [2.05, 4.69) is 4.98 Å². The molecule has 0 aliphatic carbocycles. The van der Waals surface area contributed by atoms with Gasteiger partial charge < -0.3 is 19.4 Å². The Morgan fingerprint density at radius 1 is 1.10 bits per heavy atom. The summed E-state index contributed by atoms with van der Waals surface area (Å²) in [5.74, 6) is -1.90. The van der Waals surface area contributed by atoms with Gasteiger partial charge in [0.2, 0.25) is 0 Å². The summed E-state index contributed by atoms with van der Waals surface area (Å²) >= 11 is 0. The van der Waals surface area contributed by atoms with Crippen molar-refractivity contribution in [2.45, 2.75) is 33.5 Å². The van der Waals surface area contributed by atoms with Gasteiger partial charge in [0.15, 0.2) is 0 Å². The van der Waals surface area contributed by atoms with Crippen LogP contribution in [-0.2, 0) is 27.0 Å². The van der Waals surface area contributed by atoms with Crippen molar-refractivity contribution in [3.8, 4) is 0 Å². The van der Waals surface area contributed by atoms with Crippen LogP contribution in [0.2, 0.25) is 0 Å². The highest BCUT2D eigenvalue weighted by atomic mass is 19.4. The normalized spacial score (nSPS) is 11.2. The molecule has 0 spiro atoms. The highest BCUT2D eigenvalue weighted by Crippen LogP contribution is 2.29. The molecule has 10 heteroatoms. The molecule has 2 aromatic rings. The molecule has 0 fully saturated rings. The molecule has 0 saturated heterocycles. The van der Waals surface area contributed by atoms with Crippen molar-refractivity contribution < 1.29 is 37.0 Å².